The van der Waals surface area contributed by atoms with Gasteiger partial charge in [0.2, 0.25) is 5.91 Å². The number of nitrogens with one attached hydrogen (secondary N) is 1. The van der Waals surface area contributed by atoms with Gasteiger partial charge in [-0.3, -0.25) is 9.59 Å². The molecule has 182 valence electrons. The second-order valence-electron chi connectivity index (χ2n) is 8.79. The normalized spacial score (nSPS) is 13.2. The lowest BCUT2D eigenvalue weighted by Gasteiger charge is -2.25. The molecule has 34 heavy (non-hydrogen) atoms. The molecular formula is C26H33N3O5. The van der Waals surface area contributed by atoms with Crippen molar-refractivity contribution in [1.29, 1.82) is 0 Å². The van der Waals surface area contributed by atoms with E-state index in [1.165, 1.54) is 4.90 Å². The minimum atomic E-state index is -1.07. The van der Waals surface area contributed by atoms with Crippen molar-refractivity contribution < 1.29 is 24.2 Å². The number of hydrogen-bond acceptors (Lipinski definition) is 5. The van der Waals surface area contributed by atoms with Crippen molar-refractivity contribution in [2.75, 3.05) is 40.3 Å². The summed E-state index contributed by atoms with van der Waals surface area (Å²) in [5.41, 5.74) is 4.56. The first kappa shape index (κ1) is 25.2. The van der Waals surface area contributed by atoms with Crippen LogP contribution < -0.4 is 5.32 Å². The van der Waals surface area contributed by atoms with E-state index in [1.54, 1.807) is 0 Å². The molecule has 1 aliphatic carbocycles. The fraction of sp³-hybridized carbons (Fsp3) is 0.423. The predicted octanol–water partition coefficient (Wildman–Crippen LogP) is 3.17. The quantitative estimate of drug-likeness (QED) is 0.527. The van der Waals surface area contributed by atoms with Gasteiger partial charge in [0.25, 0.3) is 0 Å². The summed E-state index contributed by atoms with van der Waals surface area (Å²) in [5, 5.41) is 11.9. The molecule has 0 aliphatic heterocycles. The molecule has 0 radical (unpaired) electrons. The summed E-state index contributed by atoms with van der Waals surface area (Å²) >= 11 is 0. The van der Waals surface area contributed by atoms with Gasteiger partial charge in [-0.25, -0.2) is 4.79 Å². The zero-order chi connectivity index (χ0) is 24.7. The van der Waals surface area contributed by atoms with Crippen molar-refractivity contribution in [3.8, 4) is 11.1 Å². The third-order valence-electron chi connectivity index (χ3n) is 6.08. The number of ether oxygens (including phenoxy) is 1. The Morgan fingerprint density at radius 1 is 1.00 bits per heavy atom. The zero-order valence-corrected chi connectivity index (χ0v) is 20.0. The topological polar surface area (TPSA) is 99.2 Å². The maximum atomic E-state index is 12.7. The van der Waals surface area contributed by atoms with Crippen molar-refractivity contribution in [1.82, 2.24) is 15.1 Å². The molecule has 2 aromatic carbocycles. The summed E-state index contributed by atoms with van der Waals surface area (Å²) in [6.45, 7) is 2.55. The number of rotatable bonds is 11. The summed E-state index contributed by atoms with van der Waals surface area (Å²) in [6.07, 6.45) is -0.0501. The molecule has 1 atom stereocenters. The van der Waals surface area contributed by atoms with Gasteiger partial charge in [-0.15, -0.1) is 0 Å². The fourth-order valence-corrected chi connectivity index (χ4v) is 4.22. The van der Waals surface area contributed by atoms with Gasteiger partial charge in [0.1, 0.15) is 13.2 Å². The Morgan fingerprint density at radius 2 is 1.59 bits per heavy atom. The first-order valence-electron chi connectivity index (χ1n) is 11.6. The number of aliphatic carboxylic acids is 1. The van der Waals surface area contributed by atoms with E-state index in [4.69, 9.17) is 9.84 Å². The molecule has 0 fully saturated rings. The maximum absolute atomic E-state index is 12.7. The molecule has 0 bridgehead atoms. The Labute approximate surface area is 200 Å². The highest BCUT2D eigenvalue weighted by Gasteiger charge is 2.29. The number of carboxylic acid groups (broad SMARTS) is 1. The Hall–Kier alpha value is -3.39. The van der Waals surface area contributed by atoms with Gasteiger partial charge in [-0.1, -0.05) is 55.5 Å². The van der Waals surface area contributed by atoms with E-state index in [0.29, 0.717) is 19.5 Å². The lowest BCUT2D eigenvalue weighted by Crippen LogP contribution is -2.44. The smallest absolute Gasteiger partial charge is 0.407 e. The van der Waals surface area contributed by atoms with Crippen LogP contribution in [0.15, 0.2) is 48.5 Å². The number of carboxylic acids is 1. The summed E-state index contributed by atoms with van der Waals surface area (Å²) in [5.74, 6) is -1.42. The number of carbonyl (C=O) groups excluding carboxylic acids is 2. The van der Waals surface area contributed by atoms with E-state index >= 15 is 0 Å². The lowest BCUT2D eigenvalue weighted by atomic mass is 9.98. The van der Waals surface area contributed by atoms with Crippen LogP contribution in [0.5, 0.6) is 0 Å². The highest BCUT2D eigenvalue weighted by molar-refractivity contribution is 5.82. The van der Waals surface area contributed by atoms with Crippen LogP contribution in [0.2, 0.25) is 0 Å². The molecule has 0 aromatic heterocycles. The highest BCUT2D eigenvalue weighted by atomic mass is 16.5. The maximum Gasteiger partial charge on any atom is 0.407 e. The molecule has 0 spiro atoms. The minimum Gasteiger partial charge on any atom is -0.480 e. The molecule has 8 nitrogen and oxygen atoms in total. The first-order valence-corrected chi connectivity index (χ1v) is 11.6. The average Bonchev–Trinajstić information content (AvgIpc) is 3.13. The van der Waals surface area contributed by atoms with Crippen LogP contribution in [-0.4, -0.2) is 79.3 Å². The molecule has 0 saturated carbocycles. The van der Waals surface area contributed by atoms with Gasteiger partial charge in [0, 0.05) is 31.5 Å². The number of alkyl carbamates (subject to hydrolysis) is 1. The number of hydrogen-bond donors (Lipinski definition) is 2. The van der Waals surface area contributed by atoms with Crippen molar-refractivity contribution in [3.05, 3.63) is 59.7 Å². The molecule has 0 saturated heterocycles. The van der Waals surface area contributed by atoms with E-state index in [9.17, 15) is 14.4 Å². The van der Waals surface area contributed by atoms with Gasteiger partial charge >= 0.3 is 12.1 Å². The van der Waals surface area contributed by atoms with E-state index in [0.717, 1.165) is 22.3 Å². The van der Waals surface area contributed by atoms with Gasteiger partial charge in [0.05, 0.1) is 0 Å². The Balaban J connectivity index is 1.58. The van der Waals surface area contributed by atoms with Crippen molar-refractivity contribution in [2.45, 2.75) is 31.7 Å². The molecule has 2 aromatic rings. The summed E-state index contributed by atoms with van der Waals surface area (Å²) in [7, 11) is 3.72. The van der Waals surface area contributed by atoms with Crippen LogP contribution in [0.4, 0.5) is 4.79 Å². The first-order chi connectivity index (χ1) is 16.3. The number of nitrogens with zero attached hydrogens (tertiary/aromatic N) is 2. The summed E-state index contributed by atoms with van der Waals surface area (Å²) in [6, 6.07) is 15.8. The van der Waals surface area contributed by atoms with Crippen molar-refractivity contribution in [2.24, 2.45) is 0 Å². The van der Waals surface area contributed by atoms with E-state index in [2.05, 4.69) is 29.6 Å². The van der Waals surface area contributed by atoms with Crippen LogP contribution in [-0.2, 0) is 14.3 Å². The van der Waals surface area contributed by atoms with Crippen LogP contribution in [0.3, 0.4) is 0 Å². The zero-order valence-electron chi connectivity index (χ0n) is 20.0. The highest BCUT2D eigenvalue weighted by Crippen LogP contribution is 2.44. The standard InChI is InChI=1S/C26H33N3O5/c1-4-18(15-24(30)29(16-25(31)32)14-13-28(2)3)27-26(33)34-17-23-21-11-7-5-9-19(21)20-10-6-8-12-22(20)23/h5-12,18,23H,4,13-17H2,1-3H3,(H,27,33)(H,31,32)/t18-/m0/s1. The molecule has 3 rings (SSSR count). The van der Waals surface area contributed by atoms with Crippen LogP contribution in [0.25, 0.3) is 11.1 Å². The molecule has 1 aliphatic rings. The van der Waals surface area contributed by atoms with Gasteiger partial charge in [-0.05, 0) is 42.8 Å². The molecular weight excluding hydrogens is 434 g/mol. The molecule has 2 amide bonds. The largest absolute Gasteiger partial charge is 0.480 e. The summed E-state index contributed by atoms with van der Waals surface area (Å²) in [4.78, 5) is 39.7. The molecule has 0 heterocycles. The monoisotopic (exact) mass is 467 g/mol. The number of fused-ring (bicyclic) bond motifs is 3. The van der Waals surface area contributed by atoms with Crippen molar-refractivity contribution >= 4 is 18.0 Å². The average molecular weight is 468 g/mol. The van der Waals surface area contributed by atoms with Gasteiger partial charge in [-0.2, -0.15) is 0 Å². The van der Waals surface area contributed by atoms with E-state index in [-0.39, 0.29) is 31.4 Å². The third kappa shape index (κ3) is 6.35. The van der Waals surface area contributed by atoms with E-state index in [1.807, 2.05) is 50.2 Å². The lowest BCUT2D eigenvalue weighted by molar-refractivity contribution is -0.144. The second-order valence-corrected chi connectivity index (χ2v) is 8.79. The minimum absolute atomic E-state index is 0.0153. The number of likely N-dealkylation sites (N-methyl/N-ethyl adjacent to an activating group) is 1. The number of benzene rings is 2. The molecule has 2 N–H and O–H groups in total. The molecule has 0 unspecified atom stereocenters. The van der Waals surface area contributed by atoms with Crippen LogP contribution in [0, 0.1) is 0 Å². The van der Waals surface area contributed by atoms with E-state index < -0.39 is 18.1 Å². The second kappa shape index (κ2) is 11.7. The SMILES string of the molecule is CC[C@@H](CC(=O)N(CCN(C)C)CC(=O)O)NC(=O)OCC1c2ccccc2-c2ccccc21. The van der Waals surface area contributed by atoms with Gasteiger partial charge < -0.3 is 25.0 Å². The predicted molar refractivity (Wildman–Crippen MR) is 130 cm³/mol. The Morgan fingerprint density at radius 3 is 2.12 bits per heavy atom. The Kier molecular flexibility index (Phi) is 8.65. The number of amides is 2. The van der Waals surface area contributed by atoms with Gasteiger partial charge in [0.15, 0.2) is 0 Å². The Bertz CT molecular complexity index is 978. The van der Waals surface area contributed by atoms with Crippen LogP contribution in [0.1, 0.15) is 36.8 Å². The van der Waals surface area contributed by atoms with Crippen LogP contribution >= 0.6 is 0 Å². The fourth-order valence-electron chi connectivity index (χ4n) is 4.22. The third-order valence-corrected chi connectivity index (χ3v) is 6.08. The molecule has 8 heteroatoms. The van der Waals surface area contributed by atoms with Crippen molar-refractivity contribution in [3.63, 3.8) is 0 Å². The number of carbonyl (C=O) groups is 3. The summed E-state index contributed by atoms with van der Waals surface area (Å²) < 4.78 is 5.58.